The number of carbonyl (C=O) groups excluding carboxylic acids is 2. The van der Waals surface area contributed by atoms with Crippen LogP contribution in [0.15, 0.2) is 102 Å². The average molecular weight is 1010 g/mol. The number of hydrogen-bond acceptors (Lipinski definition) is 14. The summed E-state index contributed by atoms with van der Waals surface area (Å²) in [5.41, 5.74) is 11.6. The number of nitrogen functional groups attached to an aromatic ring is 1. The molecule has 12 nitrogen and oxygen atoms in total. The molecule has 2 saturated heterocycles. The molecule has 4 aromatic carbocycles. The molecule has 0 radical (unpaired) electrons. The van der Waals surface area contributed by atoms with E-state index in [1.165, 1.54) is 74.6 Å². The number of aliphatic imine (C=N–C) groups is 1. The van der Waals surface area contributed by atoms with Crippen molar-refractivity contribution >= 4 is 89.9 Å². The Kier molecular flexibility index (Phi) is 21.9. The van der Waals surface area contributed by atoms with Crippen molar-refractivity contribution in [2.75, 3.05) is 106 Å². The number of piperazine rings is 2. The minimum Gasteiger partial charge on any atom is -0.497 e. The molecule has 5 aromatic rings. The number of ether oxygens (including phenoxy) is 2. The van der Waals surface area contributed by atoms with Crippen LogP contribution in [0.2, 0.25) is 0 Å². The summed E-state index contributed by atoms with van der Waals surface area (Å²) in [6.45, 7) is 11.6. The Bertz CT molecular complexity index is 2350. The van der Waals surface area contributed by atoms with Gasteiger partial charge in [0.15, 0.2) is 10.9 Å². The molecule has 3 heterocycles. The van der Waals surface area contributed by atoms with Crippen molar-refractivity contribution in [3.05, 3.63) is 113 Å². The molecule has 67 heavy (non-hydrogen) atoms. The Balaban J connectivity index is 0.000000244. The quantitative estimate of drug-likeness (QED) is 0.0448. The number of nitrogens with zero attached hydrogens (tertiary/aromatic N) is 6. The van der Waals surface area contributed by atoms with Crippen molar-refractivity contribution < 1.29 is 19.1 Å². The topological polar surface area (TPSA) is 129 Å². The van der Waals surface area contributed by atoms with Gasteiger partial charge in [-0.3, -0.25) is 19.4 Å². The third kappa shape index (κ3) is 16.3. The number of alkyl halides is 1. The number of aromatic nitrogens is 1. The molecule has 3 N–H and O–H groups in total. The van der Waals surface area contributed by atoms with Crippen LogP contribution in [0.1, 0.15) is 73.6 Å². The summed E-state index contributed by atoms with van der Waals surface area (Å²) in [4.78, 5) is 43.0. The third-order valence-corrected chi connectivity index (χ3v) is 13.3. The van der Waals surface area contributed by atoms with Crippen LogP contribution in [-0.4, -0.2) is 117 Å². The standard InChI is InChI=1S/C25H29N5O2S.C15H19N3S.C9H9BrO2.3CH4/c1-32-21-4-2-3-18(15-21)22(31)23-24(26)28-25(33-23)27-19-7-9-20(10-8-19)30-13-11-29(12-14-30)16-17-5-6-17;19-12-16-14-3-5-15(6-4-14)18-9-7-17(8-10-18)11-13-1-2-13;1-12-8-4-2-3-7(5-8)9(11)6-10;;;/h2-4,7-10,15,17H,5-6,11-14,16,26H2,1H3,(H,27,28);3-6,13H,1-2,7-11H2;2-5H,6H2,1H3;3*1H4. The molecule has 0 bridgehead atoms. The first-order valence-electron chi connectivity index (χ1n) is 21.9. The Hall–Kier alpha value is -5.15. The first-order valence-corrected chi connectivity index (χ1v) is 24.2. The summed E-state index contributed by atoms with van der Waals surface area (Å²) in [5, 5.41) is 6.63. The zero-order chi connectivity index (χ0) is 44.8. The van der Waals surface area contributed by atoms with Crippen LogP contribution >= 0.6 is 39.5 Å². The first kappa shape index (κ1) is 54.5. The number of anilines is 5. The zero-order valence-corrected chi connectivity index (χ0v) is 39.8. The van der Waals surface area contributed by atoms with Crippen molar-refractivity contribution in [3.8, 4) is 11.5 Å². The molecule has 360 valence electrons. The number of thiocarbonyl (C=S) groups is 1. The molecule has 0 amide bonds. The Morgan fingerprint density at radius 3 is 1.69 bits per heavy atom. The van der Waals surface area contributed by atoms with Gasteiger partial charge in [0, 0.05) is 93.6 Å². The number of carbonyl (C=O) groups is 2. The Morgan fingerprint density at radius 1 is 0.746 bits per heavy atom. The molecule has 0 atom stereocenters. The van der Waals surface area contributed by atoms with Gasteiger partial charge in [-0.15, -0.1) is 0 Å². The molecule has 4 aliphatic rings. The lowest BCUT2D eigenvalue weighted by molar-refractivity contribution is 0.102. The number of methoxy groups -OCH3 is 2. The van der Waals surface area contributed by atoms with Crippen LogP contribution in [0.5, 0.6) is 11.5 Å². The van der Waals surface area contributed by atoms with E-state index >= 15 is 0 Å². The van der Waals surface area contributed by atoms with Crippen LogP contribution in [0, 0.1) is 11.8 Å². The molecule has 4 fully saturated rings. The van der Waals surface area contributed by atoms with Crippen molar-refractivity contribution in [1.29, 1.82) is 0 Å². The van der Waals surface area contributed by atoms with Crippen molar-refractivity contribution in [2.24, 2.45) is 16.8 Å². The van der Waals surface area contributed by atoms with Gasteiger partial charge in [-0.05, 0) is 123 Å². The summed E-state index contributed by atoms with van der Waals surface area (Å²) < 4.78 is 10.2. The van der Waals surface area contributed by atoms with Crippen molar-refractivity contribution in [3.63, 3.8) is 0 Å². The highest BCUT2D eigenvalue weighted by Gasteiger charge is 2.28. The van der Waals surface area contributed by atoms with Gasteiger partial charge in [0.2, 0.25) is 5.78 Å². The SMILES string of the molecule is C.C.C.COc1cccc(C(=O)CBr)c1.COc1cccc(C(=O)c2sc(Nc3ccc(N4CCN(CC5CC5)CC4)cc3)nc2N)c1.S=C=Nc1ccc(N2CCN(CC3CC3)CC2)cc1. The lowest BCUT2D eigenvalue weighted by Crippen LogP contribution is -2.47. The Morgan fingerprint density at radius 2 is 1.22 bits per heavy atom. The fourth-order valence-corrected chi connectivity index (χ4v) is 8.99. The van der Waals surface area contributed by atoms with E-state index in [4.69, 9.17) is 15.2 Å². The monoisotopic (exact) mass is 1010 g/mol. The van der Waals surface area contributed by atoms with Crippen molar-refractivity contribution in [1.82, 2.24) is 14.8 Å². The van der Waals surface area contributed by atoms with E-state index in [9.17, 15) is 9.59 Å². The van der Waals surface area contributed by atoms with Gasteiger partial charge < -0.3 is 30.3 Å². The summed E-state index contributed by atoms with van der Waals surface area (Å²) in [7, 11) is 3.16. The smallest absolute Gasteiger partial charge is 0.206 e. The summed E-state index contributed by atoms with van der Waals surface area (Å²) in [6, 6.07) is 30.8. The number of nitrogens with two attached hydrogens (primary N) is 1. The number of halogens is 1. The minimum absolute atomic E-state index is 0. The lowest BCUT2D eigenvalue weighted by Gasteiger charge is -2.36. The number of thiazole rings is 1. The number of ketones is 2. The lowest BCUT2D eigenvalue weighted by atomic mass is 10.1. The molecule has 15 heteroatoms. The number of nitrogens with one attached hydrogen (secondary N) is 1. The van der Waals surface area contributed by atoms with Gasteiger partial charge in [-0.25, -0.2) is 4.98 Å². The third-order valence-electron chi connectivity index (χ3n) is 11.7. The van der Waals surface area contributed by atoms with Gasteiger partial charge in [0.25, 0.3) is 0 Å². The molecule has 9 rings (SSSR count). The number of Topliss-reactive ketones (excluding diaryl/α,β-unsaturated/α-hetero) is 1. The van der Waals surface area contributed by atoms with Gasteiger partial charge in [-0.2, -0.15) is 4.99 Å². The number of isothiocyanates is 1. The predicted octanol–water partition coefficient (Wildman–Crippen LogP) is 11.4. The fourth-order valence-electron chi connectivity index (χ4n) is 7.70. The van der Waals surface area contributed by atoms with Crippen LogP contribution in [0.4, 0.5) is 33.7 Å². The maximum Gasteiger partial charge on any atom is 0.206 e. The molecular formula is C52H69BrN8O4S2. The largest absolute Gasteiger partial charge is 0.497 e. The highest BCUT2D eigenvalue weighted by atomic mass is 79.9. The summed E-state index contributed by atoms with van der Waals surface area (Å²) in [5.74, 6) is 3.43. The molecule has 2 aliphatic carbocycles. The molecular weight excluding hydrogens is 945 g/mol. The van der Waals surface area contributed by atoms with Crippen LogP contribution in [0.25, 0.3) is 0 Å². The molecule has 2 aliphatic heterocycles. The summed E-state index contributed by atoms with van der Waals surface area (Å²) >= 11 is 8.98. The molecule has 0 unspecified atom stereocenters. The molecule has 0 spiro atoms. The number of benzene rings is 4. The van der Waals surface area contributed by atoms with E-state index in [-0.39, 0.29) is 39.7 Å². The highest BCUT2D eigenvalue weighted by Crippen LogP contribution is 2.33. The van der Waals surface area contributed by atoms with Crippen LogP contribution in [-0.2, 0) is 0 Å². The first-order chi connectivity index (χ1) is 31.2. The maximum absolute atomic E-state index is 12.9. The predicted molar refractivity (Wildman–Crippen MR) is 288 cm³/mol. The Labute approximate surface area is 416 Å². The zero-order valence-electron chi connectivity index (χ0n) is 36.6. The maximum atomic E-state index is 12.9. The highest BCUT2D eigenvalue weighted by molar-refractivity contribution is 9.09. The fraction of sp³-hybridized carbons (Fsp3) is 0.423. The average Bonchev–Trinajstić information content (AvgIpc) is 4.30. The van der Waals surface area contributed by atoms with E-state index in [0.717, 1.165) is 62.5 Å². The van der Waals surface area contributed by atoms with E-state index in [0.29, 0.717) is 38.0 Å². The summed E-state index contributed by atoms with van der Waals surface area (Å²) in [6.07, 6.45) is 5.72. The van der Waals surface area contributed by atoms with E-state index < -0.39 is 0 Å². The second-order valence-electron chi connectivity index (χ2n) is 16.4. The number of hydrogen-bond donors (Lipinski definition) is 2. The number of rotatable bonds is 15. The van der Waals surface area contributed by atoms with E-state index in [1.807, 2.05) is 30.3 Å². The van der Waals surface area contributed by atoms with Crippen LogP contribution < -0.4 is 30.3 Å². The van der Waals surface area contributed by atoms with E-state index in [1.54, 1.807) is 56.7 Å². The normalized spacial score (nSPS) is 15.6. The minimum atomic E-state index is -0.159. The van der Waals surface area contributed by atoms with Gasteiger partial charge in [-0.1, -0.05) is 73.8 Å². The van der Waals surface area contributed by atoms with Gasteiger partial charge >= 0.3 is 0 Å². The van der Waals surface area contributed by atoms with E-state index in [2.05, 4.69) is 92.5 Å². The second-order valence-corrected chi connectivity index (χ2v) is 18.2. The second kappa shape index (κ2) is 27.0. The van der Waals surface area contributed by atoms with Gasteiger partial charge in [0.05, 0.1) is 30.4 Å². The van der Waals surface area contributed by atoms with Crippen molar-refractivity contribution in [2.45, 2.75) is 48.0 Å². The van der Waals surface area contributed by atoms with Gasteiger partial charge in [0.1, 0.15) is 22.2 Å². The molecule has 2 saturated carbocycles. The van der Waals surface area contributed by atoms with Crippen LogP contribution in [0.3, 0.4) is 0 Å². The molecule has 1 aromatic heterocycles.